The Balaban J connectivity index is 0.00000180. The Labute approximate surface area is 124 Å². The monoisotopic (exact) mass is 288 g/mol. The molecule has 0 radical (unpaired) electrons. The standard InChI is InChI=1S/C16H32N2.2H2O/c1-12(2)10-9-11(17)13(3,4)15(10,7)14(5,6)16(12,8)18;;/h10-11H,9,17-18H2,1-8H3;2*1H2. The van der Waals surface area contributed by atoms with E-state index in [1.54, 1.807) is 0 Å². The van der Waals surface area contributed by atoms with Crippen LogP contribution in [0.25, 0.3) is 0 Å². The van der Waals surface area contributed by atoms with Crippen LogP contribution in [-0.4, -0.2) is 22.5 Å². The van der Waals surface area contributed by atoms with E-state index in [-0.39, 0.29) is 44.2 Å². The van der Waals surface area contributed by atoms with E-state index in [2.05, 4.69) is 55.4 Å². The number of nitrogens with two attached hydrogens (primary N) is 2. The second-order valence-electron chi connectivity index (χ2n) is 8.87. The predicted molar refractivity (Wildman–Crippen MR) is 85.4 cm³/mol. The molecule has 2 saturated carbocycles. The van der Waals surface area contributed by atoms with E-state index in [4.69, 9.17) is 11.5 Å². The summed E-state index contributed by atoms with van der Waals surface area (Å²) in [7, 11) is 0. The molecule has 8 N–H and O–H groups in total. The molecule has 4 atom stereocenters. The quantitative estimate of drug-likeness (QED) is 0.703. The van der Waals surface area contributed by atoms with E-state index in [1.165, 1.54) is 0 Å². The molecule has 0 bridgehead atoms. The van der Waals surface area contributed by atoms with Crippen LogP contribution in [0.4, 0.5) is 0 Å². The first kappa shape index (κ1) is 19.8. The average Bonchev–Trinajstić information content (AvgIpc) is 2.42. The van der Waals surface area contributed by atoms with Crippen molar-refractivity contribution in [1.29, 1.82) is 0 Å². The third kappa shape index (κ3) is 1.51. The van der Waals surface area contributed by atoms with E-state index in [0.29, 0.717) is 5.92 Å². The summed E-state index contributed by atoms with van der Waals surface area (Å²) in [6.45, 7) is 18.8. The zero-order valence-electron chi connectivity index (χ0n) is 14.5. The molecule has 122 valence electrons. The van der Waals surface area contributed by atoms with Crippen molar-refractivity contribution in [2.45, 2.75) is 73.4 Å². The Morgan fingerprint density at radius 1 is 0.800 bits per heavy atom. The molecule has 0 aliphatic heterocycles. The topological polar surface area (TPSA) is 115 Å². The van der Waals surface area contributed by atoms with Crippen molar-refractivity contribution in [2.24, 2.45) is 39.0 Å². The second-order valence-corrected chi connectivity index (χ2v) is 8.87. The summed E-state index contributed by atoms with van der Waals surface area (Å²) in [4.78, 5) is 0. The van der Waals surface area contributed by atoms with Gasteiger partial charge in [-0.2, -0.15) is 0 Å². The molecule has 0 amide bonds. The Morgan fingerprint density at radius 2 is 1.20 bits per heavy atom. The summed E-state index contributed by atoms with van der Waals surface area (Å²) in [6.07, 6.45) is 1.10. The van der Waals surface area contributed by atoms with Gasteiger partial charge in [-0.1, -0.05) is 48.5 Å². The molecule has 0 heterocycles. The Hall–Kier alpha value is -0.160. The molecule has 2 fully saturated rings. The maximum atomic E-state index is 6.83. The minimum absolute atomic E-state index is 0. The lowest BCUT2D eigenvalue weighted by atomic mass is 9.52. The normalized spacial score (nSPS) is 47.1. The molecular formula is C16H36N2O2. The first-order valence-corrected chi connectivity index (χ1v) is 7.30. The molecule has 4 nitrogen and oxygen atoms in total. The average molecular weight is 288 g/mol. The molecule has 0 aromatic carbocycles. The number of rotatable bonds is 0. The molecule has 2 aliphatic rings. The van der Waals surface area contributed by atoms with Crippen molar-refractivity contribution in [2.75, 3.05) is 0 Å². The Morgan fingerprint density at radius 3 is 1.55 bits per heavy atom. The van der Waals surface area contributed by atoms with Crippen molar-refractivity contribution in [3.63, 3.8) is 0 Å². The Bertz CT molecular complexity index is 388. The SMILES string of the molecule is CC1(C)C2CC(N)C(C)(C)C2(C)C(C)(C)C1(C)N.O.O. The van der Waals surface area contributed by atoms with E-state index in [9.17, 15) is 0 Å². The molecule has 0 aromatic rings. The third-order valence-electron chi connectivity index (χ3n) is 8.26. The highest BCUT2D eigenvalue weighted by molar-refractivity contribution is 5.28. The van der Waals surface area contributed by atoms with E-state index in [0.717, 1.165) is 6.42 Å². The van der Waals surface area contributed by atoms with Crippen molar-refractivity contribution in [3.8, 4) is 0 Å². The van der Waals surface area contributed by atoms with Crippen LogP contribution in [0.1, 0.15) is 61.8 Å². The van der Waals surface area contributed by atoms with Crippen molar-refractivity contribution >= 4 is 0 Å². The van der Waals surface area contributed by atoms with Gasteiger partial charge in [0, 0.05) is 11.6 Å². The minimum atomic E-state index is -0.170. The summed E-state index contributed by atoms with van der Waals surface area (Å²) in [5.41, 5.74) is 13.7. The molecule has 0 saturated heterocycles. The molecular weight excluding hydrogens is 252 g/mol. The summed E-state index contributed by atoms with van der Waals surface area (Å²) >= 11 is 0. The summed E-state index contributed by atoms with van der Waals surface area (Å²) in [5, 5.41) is 0. The van der Waals surface area contributed by atoms with E-state index < -0.39 is 0 Å². The highest BCUT2D eigenvalue weighted by Gasteiger charge is 2.77. The zero-order chi connectivity index (χ0) is 14.4. The van der Waals surface area contributed by atoms with E-state index >= 15 is 0 Å². The molecule has 4 unspecified atom stereocenters. The highest BCUT2D eigenvalue weighted by atomic mass is 16.0. The minimum Gasteiger partial charge on any atom is -0.412 e. The molecule has 20 heavy (non-hydrogen) atoms. The molecule has 0 aromatic heterocycles. The highest BCUT2D eigenvalue weighted by Crippen LogP contribution is 2.77. The van der Waals surface area contributed by atoms with Gasteiger partial charge in [0.15, 0.2) is 0 Å². The fourth-order valence-electron chi connectivity index (χ4n) is 5.58. The Kier molecular flexibility index (Phi) is 4.38. The summed E-state index contributed by atoms with van der Waals surface area (Å²) in [6, 6.07) is 0.280. The maximum absolute atomic E-state index is 6.83. The van der Waals surface area contributed by atoms with Crippen LogP contribution in [0.3, 0.4) is 0 Å². The van der Waals surface area contributed by atoms with Crippen LogP contribution < -0.4 is 11.5 Å². The largest absolute Gasteiger partial charge is 0.412 e. The van der Waals surface area contributed by atoms with Crippen LogP contribution in [-0.2, 0) is 0 Å². The fraction of sp³-hybridized carbons (Fsp3) is 1.00. The lowest BCUT2D eigenvalue weighted by Crippen LogP contribution is -2.60. The van der Waals surface area contributed by atoms with Crippen molar-refractivity contribution in [3.05, 3.63) is 0 Å². The first-order valence-electron chi connectivity index (χ1n) is 7.30. The fourth-order valence-corrected chi connectivity index (χ4v) is 5.58. The van der Waals surface area contributed by atoms with Gasteiger partial charge in [-0.15, -0.1) is 0 Å². The van der Waals surface area contributed by atoms with Gasteiger partial charge in [-0.05, 0) is 40.9 Å². The number of hydrogen-bond acceptors (Lipinski definition) is 2. The zero-order valence-corrected chi connectivity index (χ0v) is 14.5. The van der Waals surface area contributed by atoms with Gasteiger partial charge in [0.1, 0.15) is 0 Å². The van der Waals surface area contributed by atoms with Crippen LogP contribution in [0.5, 0.6) is 0 Å². The predicted octanol–water partition coefficient (Wildman–Crippen LogP) is 1.50. The van der Waals surface area contributed by atoms with Crippen molar-refractivity contribution < 1.29 is 11.0 Å². The molecule has 4 heteroatoms. The maximum Gasteiger partial charge on any atom is 0.0237 e. The molecule has 0 spiro atoms. The van der Waals surface area contributed by atoms with Crippen LogP contribution >= 0.6 is 0 Å². The summed E-state index contributed by atoms with van der Waals surface area (Å²) in [5.74, 6) is 0.597. The van der Waals surface area contributed by atoms with E-state index in [1.807, 2.05) is 0 Å². The first-order chi connectivity index (χ1) is 7.76. The molecule has 2 rings (SSSR count). The van der Waals surface area contributed by atoms with Crippen LogP contribution in [0, 0.1) is 27.6 Å². The van der Waals surface area contributed by atoms with Gasteiger partial charge in [0.2, 0.25) is 0 Å². The van der Waals surface area contributed by atoms with Crippen LogP contribution in [0.2, 0.25) is 0 Å². The van der Waals surface area contributed by atoms with Gasteiger partial charge >= 0.3 is 0 Å². The smallest absolute Gasteiger partial charge is 0.0237 e. The summed E-state index contributed by atoms with van der Waals surface area (Å²) < 4.78 is 0. The number of hydrogen-bond donors (Lipinski definition) is 2. The molecule has 2 aliphatic carbocycles. The van der Waals surface area contributed by atoms with Gasteiger partial charge < -0.3 is 22.4 Å². The van der Waals surface area contributed by atoms with Gasteiger partial charge in [-0.3, -0.25) is 0 Å². The number of fused-ring (bicyclic) bond motifs is 1. The van der Waals surface area contributed by atoms with Gasteiger partial charge in [0.25, 0.3) is 0 Å². The second kappa shape index (κ2) is 4.42. The third-order valence-corrected chi connectivity index (χ3v) is 8.26. The lowest BCUT2D eigenvalue weighted by molar-refractivity contribution is -0.0317. The van der Waals surface area contributed by atoms with Crippen molar-refractivity contribution in [1.82, 2.24) is 0 Å². The van der Waals surface area contributed by atoms with Gasteiger partial charge in [0.05, 0.1) is 0 Å². The van der Waals surface area contributed by atoms with Crippen LogP contribution in [0.15, 0.2) is 0 Å². The lowest BCUT2D eigenvalue weighted by Gasteiger charge is -2.54. The van der Waals surface area contributed by atoms with Gasteiger partial charge in [-0.25, -0.2) is 0 Å².